The number of piperidine rings is 1. The van der Waals surface area contributed by atoms with Crippen molar-refractivity contribution in [3.8, 4) is 0 Å². The van der Waals surface area contributed by atoms with E-state index in [0.29, 0.717) is 25.2 Å². The molecular formula is C26H32N4O2. The van der Waals surface area contributed by atoms with Crippen LogP contribution in [0.2, 0.25) is 0 Å². The Labute approximate surface area is 190 Å². The Balaban J connectivity index is 1.24. The number of amides is 1. The average molecular weight is 433 g/mol. The highest BCUT2D eigenvalue weighted by Crippen LogP contribution is 2.43. The number of morpholine rings is 1. The van der Waals surface area contributed by atoms with Crippen molar-refractivity contribution in [3.05, 3.63) is 58.9 Å². The highest BCUT2D eigenvalue weighted by Gasteiger charge is 2.38. The maximum Gasteiger partial charge on any atom is 0.253 e. The van der Waals surface area contributed by atoms with Gasteiger partial charge in [-0.15, -0.1) is 0 Å². The van der Waals surface area contributed by atoms with Crippen LogP contribution >= 0.6 is 0 Å². The average Bonchev–Trinajstić information content (AvgIpc) is 2.84. The molecule has 0 radical (unpaired) electrons. The maximum atomic E-state index is 12.5. The van der Waals surface area contributed by atoms with Crippen LogP contribution in [-0.4, -0.2) is 54.7 Å². The summed E-state index contributed by atoms with van der Waals surface area (Å²) in [5.74, 6) is 0.798. The minimum Gasteiger partial charge on any atom is -0.370 e. The van der Waals surface area contributed by atoms with Gasteiger partial charge in [-0.25, -0.2) is 0 Å². The molecule has 6 rings (SSSR count). The van der Waals surface area contributed by atoms with Crippen LogP contribution in [0.15, 0.2) is 36.5 Å². The van der Waals surface area contributed by atoms with E-state index >= 15 is 0 Å². The Morgan fingerprint density at radius 2 is 2.06 bits per heavy atom. The number of aryl methyl sites for hydroxylation is 1. The zero-order valence-corrected chi connectivity index (χ0v) is 18.6. The number of carbonyl (C=O) groups excluding carboxylic acids is 1. The van der Waals surface area contributed by atoms with Crippen molar-refractivity contribution >= 4 is 11.6 Å². The highest BCUT2D eigenvalue weighted by atomic mass is 16.5. The van der Waals surface area contributed by atoms with E-state index in [4.69, 9.17) is 9.72 Å². The number of nitrogens with zero attached hydrogens (tertiary/aromatic N) is 3. The molecule has 3 aliphatic heterocycles. The van der Waals surface area contributed by atoms with Crippen molar-refractivity contribution in [2.24, 2.45) is 5.92 Å². The molecule has 4 heterocycles. The number of hydrogen-bond donors (Lipinski definition) is 1. The minimum absolute atomic E-state index is 0.0727. The monoisotopic (exact) mass is 432 g/mol. The third kappa shape index (κ3) is 3.64. The lowest BCUT2D eigenvalue weighted by Crippen LogP contribution is -2.50. The van der Waals surface area contributed by atoms with Crippen LogP contribution in [0.3, 0.4) is 0 Å². The summed E-state index contributed by atoms with van der Waals surface area (Å²) in [6.45, 7) is 4.48. The van der Waals surface area contributed by atoms with Gasteiger partial charge in [0.25, 0.3) is 5.91 Å². The van der Waals surface area contributed by atoms with Crippen molar-refractivity contribution in [3.63, 3.8) is 0 Å². The van der Waals surface area contributed by atoms with Crippen LogP contribution in [-0.2, 0) is 28.9 Å². The zero-order chi connectivity index (χ0) is 21.5. The Bertz CT molecular complexity index is 1010. The predicted octanol–water partition coefficient (Wildman–Crippen LogP) is 2.86. The topological polar surface area (TPSA) is 57.7 Å². The summed E-state index contributed by atoms with van der Waals surface area (Å²) in [4.78, 5) is 22.0. The van der Waals surface area contributed by atoms with Crippen molar-refractivity contribution in [1.82, 2.24) is 15.2 Å². The molecule has 0 spiro atoms. The van der Waals surface area contributed by atoms with E-state index in [2.05, 4.69) is 40.5 Å². The molecule has 6 nitrogen and oxygen atoms in total. The molecule has 1 aromatic carbocycles. The number of pyridine rings is 1. The first kappa shape index (κ1) is 20.3. The smallest absolute Gasteiger partial charge is 0.253 e. The third-order valence-corrected chi connectivity index (χ3v) is 7.86. The van der Waals surface area contributed by atoms with Gasteiger partial charge < -0.3 is 15.0 Å². The number of benzene rings is 1. The molecular weight excluding hydrogens is 400 g/mol. The molecule has 0 saturated carbocycles. The van der Waals surface area contributed by atoms with Gasteiger partial charge in [-0.05, 0) is 73.4 Å². The molecule has 0 unspecified atom stereocenters. The fourth-order valence-corrected chi connectivity index (χ4v) is 6.36. The highest BCUT2D eigenvalue weighted by molar-refractivity contribution is 5.95. The molecule has 6 heteroatoms. The lowest BCUT2D eigenvalue weighted by Gasteiger charge is -2.46. The molecule has 2 aromatic rings. The summed E-state index contributed by atoms with van der Waals surface area (Å²) in [5.41, 5.74) is 6.50. The number of anilines is 1. The molecule has 1 amide bonds. The quantitative estimate of drug-likeness (QED) is 0.808. The Kier molecular flexibility index (Phi) is 5.45. The van der Waals surface area contributed by atoms with Gasteiger partial charge >= 0.3 is 0 Å². The molecule has 1 N–H and O–H groups in total. The first-order chi connectivity index (χ1) is 15.8. The number of likely N-dealkylation sites (tertiary alicyclic amines) is 1. The molecule has 32 heavy (non-hydrogen) atoms. The van der Waals surface area contributed by atoms with Gasteiger partial charge in [0.05, 0.1) is 18.3 Å². The van der Waals surface area contributed by atoms with Gasteiger partial charge in [0.2, 0.25) is 0 Å². The van der Waals surface area contributed by atoms with Gasteiger partial charge in [0.15, 0.2) is 0 Å². The summed E-state index contributed by atoms with van der Waals surface area (Å²) >= 11 is 0. The molecule has 4 aliphatic rings. The second-order valence-electron chi connectivity index (χ2n) is 9.72. The third-order valence-electron chi connectivity index (χ3n) is 7.86. The molecule has 0 bridgehead atoms. The van der Waals surface area contributed by atoms with E-state index in [1.54, 1.807) is 0 Å². The Morgan fingerprint density at radius 1 is 1.12 bits per heavy atom. The number of nitrogens with one attached hydrogen (secondary N) is 1. The maximum absolute atomic E-state index is 12.5. The lowest BCUT2D eigenvalue weighted by molar-refractivity contribution is -0.125. The van der Waals surface area contributed by atoms with Crippen molar-refractivity contribution in [1.29, 1.82) is 0 Å². The number of rotatable bonds is 3. The fraction of sp³-hybridized carbons (Fsp3) is 0.538. The van der Waals surface area contributed by atoms with Gasteiger partial charge in [0, 0.05) is 37.6 Å². The number of ether oxygens (including phenoxy) is 1. The number of hydrogen-bond acceptors (Lipinski definition) is 5. The van der Waals surface area contributed by atoms with Gasteiger partial charge in [-0.1, -0.05) is 18.2 Å². The van der Waals surface area contributed by atoms with Crippen LogP contribution in [0.4, 0.5) is 5.69 Å². The van der Waals surface area contributed by atoms with Crippen LogP contribution in [0, 0.1) is 5.92 Å². The molecule has 1 aromatic heterocycles. The fourth-order valence-electron chi connectivity index (χ4n) is 6.36. The van der Waals surface area contributed by atoms with Crippen molar-refractivity contribution in [2.75, 3.05) is 37.7 Å². The lowest BCUT2D eigenvalue weighted by atomic mass is 9.76. The predicted molar refractivity (Wildman–Crippen MR) is 124 cm³/mol. The summed E-state index contributed by atoms with van der Waals surface area (Å²) in [6, 6.07) is 11.6. The first-order valence-corrected chi connectivity index (χ1v) is 12.2. The number of fused-ring (bicyclic) bond motifs is 4. The first-order valence-electron chi connectivity index (χ1n) is 12.2. The summed E-state index contributed by atoms with van der Waals surface area (Å²) in [6.07, 6.45) is 7.98. The molecule has 2 fully saturated rings. The Hall–Kier alpha value is -2.28. The number of aromatic nitrogens is 1. The van der Waals surface area contributed by atoms with Gasteiger partial charge in [0.1, 0.15) is 6.61 Å². The summed E-state index contributed by atoms with van der Waals surface area (Å²) < 4.78 is 5.36. The second kappa shape index (κ2) is 8.58. The molecule has 3 atom stereocenters. The van der Waals surface area contributed by atoms with E-state index in [0.717, 1.165) is 37.7 Å². The van der Waals surface area contributed by atoms with Crippen molar-refractivity contribution in [2.45, 2.75) is 50.7 Å². The summed E-state index contributed by atoms with van der Waals surface area (Å²) in [7, 11) is 0. The largest absolute Gasteiger partial charge is 0.370 e. The standard InChI is InChI=1S/C26H32N4O2/c31-24-17-32-13-12-30(24)23-7-1-4-20-15-28-21(14-22(20)23)16-29-11-3-6-19-9-8-18-5-2-10-27-25(18)26(19)29/h1-2,4-5,7,10,19,21,26,28H,3,6,8-9,11-17H2/t19-,21+,26-/m0/s1. The Morgan fingerprint density at radius 3 is 3.00 bits per heavy atom. The molecule has 1 aliphatic carbocycles. The summed E-state index contributed by atoms with van der Waals surface area (Å²) in [5, 5.41) is 3.79. The van der Waals surface area contributed by atoms with Gasteiger partial charge in [-0.3, -0.25) is 14.7 Å². The van der Waals surface area contributed by atoms with E-state index in [1.165, 1.54) is 48.1 Å². The van der Waals surface area contributed by atoms with Crippen LogP contribution in [0.1, 0.15) is 47.7 Å². The van der Waals surface area contributed by atoms with E-state index in [9.17, 15) is 4.79 Å². The minimum atomic E-state index is 0.0727. The van der Waals surface area contributed by atoms with Crippen LogP contribution in [0.5, 0.6) is 0 Å². The van der Waals surface area contributed by atoms with Crippen LogP contribution < -0.4 is 10.2 Å². The zero-order valence-electron chi connectivity index (χ0n) is 18.6. The van der Waals surface area contributed by atoms with E-state index in [1.807, 2.05) is 11.1 Å². The number of carbonyl (C=O) groups is 1. The van der Waals surface area contributed by atoms with E-state index in [-0.39, 0.29) is 12.5 Å². The van der Waals surface area contributed by atoms with Gasteiger partial charge in [-0.2, -0.15) is 0 Å². The second-order valence-corrected chi connectivity index (χ2v) is 9.72. The van der Waals surface area contributed by atoms with Crippen LogP contribution in [0.25, 0.3) is 0 Å². The van der Waals surface area contributed by atoms with E-state index < -0.39 is 0 Å². The SMILES string of the molecule is O=C1COCCN1c1cccc2c1C[C@H](CN1CCC[C@H]3CCc4cccnc4[C@H]31)NC2. The normalized spacial score (nSPS) is 28.1. The van der Waals surface area contributed by atoms with Crippen molar-refractivity contribution < 1.29 is 9.53 Å². The molecule has 168 valence electrons. The molecule has 2 saturated heterocycles.